The van der Waals surface area contributed by atoms with E-state index in [1.54, 1.807) is 7.11 Å². The lowest BCUT2D eigenvalue weighted by Gasteiger charge is -2.14. The average Bonchev–Trinajstić information content (AvgIpc) is 2.78. The number of nitrogens with zero attached hydrogens (tertiary/aromatic N) is 1. The molecule has 0 fully saturated rings. The summed E-state index contributed by atoms with van der Waals surface area (Å²) in [4.78, 5) is 4.58. The molecular weight excluding hydrogens is 539 g/mol. The molecule has 0 heterocycles. The predicted molar refractivity (Wildman–Crippen MR) is 142 cm³/mol. The molecule has 9 heteroatoms. The SMILES string of the molecule is CCNC(=NCCC(C)c1ccc(OC)cc1)NCCS(=O)(=O)NCc1ccccc1.I. The van der Waals surface area contributed by atoms with Gasteiger partial charge in [0.05, 0.1) is 12.9 Å². The molecule has 0 aliphatic carbocycles. The first-order valence-corrected chi connectivity index (χ1v) is 12.3. The highest BCUT2D eigenvalue weighted by molar-refractivity contribution is 14.0. The highest BCUT2D eigenvalue weighted by Gasteiger charge is 2.10. The van der Waals surface area contributed by atoms with E-state index in [2.05, 4.69) is 39.4 Å². The van der Waals surface area contributed by atoms with E-state index in [1.807, 2.05) is 49.4 Å². The fourth-order valence-corrected chi connectivity index (χ4v) is 3.88. The summed E-state index contributed by atoms with van der Waals surface area (Å²) in [5.74, 6) is 1.82. The normalized spacial score (nSPS) is 12.5. The highest BCUT2D eigenvalue weighted by atomic mass is 127. The lowest BCUT2D eigenvalue weighted by Crippen LogP contribution is -2.41. The van der Waals surface area contributed by atoms with Crippen molar-refractivity contribution in [2.75, 3.05) is 32.5 Å². The second kappa shape index (κ2) is 15.1. The van der Waals surface area contributed by atoms with Crippen LogP contribution >= 0.6 is 24.0 Å². The minimum atomic E-state index is -3.37. The molecule has 1 unspecified atom stereocenters. The number of guanidine groups is 1. The van der Waals surface area contributed by atoms with Gasteiger partial charge in [-0.15, -0.1) is 24.0 Å². The van der Waals surface area contributed by atoms with Crippen molar-refractivity contribution >= 4 is 40.0 Å². The lowest BCUT2D eigenvalue weighted by molar-refractivity contribution is 0.414. The Morgan fingerprint density at radius 3 is 2.38 bits per heavy atom. The van der Waals surface area contributed by atoms with Gasteiger partial charge in [-0.05, 0) is 42.5 Å². The number of benzene rings is 2. The molecule has 3 N–H and O–H groups in total. The van der Waals surface area contributed by atoms with E-state index in [1.165, 1.54) is 5.56 Å². The molecule has 0 saturated heterocycles. The number of aliphatic imine (C=N–C) groups is 1. The molecule has 0 aliphatic rings. The van der Waals surface area contributed by atoms with Crippen molar-refractivity contribution in [1.82, 2.24) is 15.4 Å². The molecule has 2 aromatic carbocycles. The maximum atomic E-state index is 12.2. The van der Waals surface area contributed by atoms with Gasteiger partial charge in [0.25, 0.3) is 0 Å². The van der Waals surface area contributed by atoms with E-state index in [0.29, 0.717) is 31.5 Å². The number of methoxy groups -OCH3 is 1. The van der Waals surface area contributed by atoms with Crippen LogP contribution in [0.15, 0.2) is 59.6 Å². The molecule has 0 radical (unpaired) electrons. The van der Waals surface area contributed by atoms with Crippen LogP contribution in [-0.4, -0.2) is 46.9 Å². The molecule has 2 rings (SSSR count). The molecule has 0 aromatic heterocycles. The number of hydrogen-bond acceptors (Lipinski definition) is 4. The zero-order valence-electron chi connectivity index (χ0n) is 19.0. The molecule has 2 aromatic rings. The zero-order chi connectivity index (χ0) is 22.5. The third-order valence-electron chi connectivity index (χ3n) is 4.86. The lowest BCUT2D eigenvalue weighted by atomic mass is 9.98. The Hall–Kier alpha value is -1.85. The van der Waals surface area contributed by atoms with Crippen LogP contribution in [0.3, 0.4) is 0 Å². The summed E-state index contributed by atoms with van der Waals surface area (Å²) in [5, 5.41) is 6.27. The first-order valence-electron chi connectivity index (χ1n) is 10.6. The first kappa shape index (κ1) is 28.2. The van der Waals surface area contributed by atoms with Crippen LogP contribution in [-0.2, 0) is 16.6 Å². The molecule has 0 bridgehead atoms. The van der Waals surface area contributed by atoms with Crippen LogP contribution in [0, 0.1) is 0 Å². The number of hydrogen-bond donors (Lipinski definition) is 3. The average molecular weight is 575 g/mol. The Labute approximate surface area is 209 Å². The van der Waals surface area contributed by atoms with Crippen molar-refractivity contribution in [3.8, 4) is 5.75 Å². The second-order valence-electron chi connectivity index (χ2n) is 7.28. The van der Waals surface area contributed by atoms with Crippen LogP contribution in [0.2, 0.25) is 0 Å². The predicted octanol–water partition coefficient (Wildman–Crippen LogP) is 3.48. The third kappa shape index (κ3) is 10.6. The van der Waals surface area contributed by atoms with Crippen molar-refractivity contribution in [3.05, 3.63) is 65.7 Å². The maximum absolute atomic E-state index is 12.2. The van der Waals surface area contributed by atoms with Gasteiger partial charge in [-0.25, -0.2) is 13.1 Å². The van der Waals surface area contributed by atoms with E-state index in [-0.39, 0.29) is 36.3 Å². The van der Waals surface area contributed by atoms with Gasteiger partial charge >= 0.3 is 0 Å². The van der Waals surface area contributed by atoms with Crippen molar-refractivity contribution in [2.24, 2.45) is 4.99 Å². The summed E-state index contributed by atoms with van der Waals surface area (Å²) >= 11 is 0. The number of halogens is 1. The van der Waals surface area contributed by atoms with Crippen LogP contribution in [0.4, 0.5) is 0 Å². The van der Waals surface area contributed by atoms with Gasteiger partial charge in [-0.2, -0.15) is 0 Å². The Bertz CT molecular complexity index is 907. The Morgan fingerprint density at radius 2 is 1.75 bits per heavy atom. The largest absolute Gasteiger partial charge is 0.497 e. The third-order valence-corrected chi connectivity index (χ3v) is 6.19. The van der Waals surface area contributed by atoms with E-state index in [9.17, 15) is 8.42 Å². The fourth-order valence-electron chi connectivity index (χ4n) is 2.98. The molecule has 0 amide bonds. The van der Waals surface area contributed by atoms with Gasteiger partial charge in [-0.3, -0.25) is 4.99 Å². The van der Waals surface area contributed by atoms with E-state index >= 15 is 0 Å². The Kier molecular flexibility index (Phi) is 13.3. The minimum Gasteiger partial charge on any atom is -0.497 e. The Morgan fingerprint density at radius 1 is 1.06 bits per heavy atom. The summed E-state index contributed by atoms with van der Waals surface area (Å²) in [7, 11) is -1.71. The quantitative estimate of drug-likeness (QED) is 0.205. The molecule has 7 nitrogen and oxygen atoms in total. The van der Waals surface area contributed by atoms with Crippen molar-refractivity contribution in [2.45, 2.75) is 32.7 Å². The smallest absolute Gasteiger partial charge is 0.213 e. The summed E-state index contributed by atoms with van der Waals surface area (Å²) in [6, 6.07) is 17.5. The van der Waals surface area contributed by atoms with Crippen molar-refractivity contribution < 1.29 is 13.2 Å². The minimum absolute atomic E-state index is 0. The van der Waals surface area contributed by atoms with Gasteiger partial charge in [0.2, 0.25) is 10.0 Å². The van der Waals surface area contributed by atoms with Gasteiger partial charge in [0.15, 0.2) is 5.96 Å². The van der Waals surface area contributed by atoms with E-state index in [4.69, 9.17) is 4.74 Å². The molecule has 0 saturated carbocycles. The maximum Gasteiger partial charge on any atom is 0.213 e. The number of sulfonamides is 1. The molecule has 0 aliphatic heterocycles. The van der Waals surface area contributed by atoms with Crippen LogP contribution in [0.1, 0.15) is 37.3 Å². The molecular formula is C23H35IN4O3S. The van der Waals surface area contributed by atoms with Gasteiger partial charge in [0.1, 0.15) is 5.75 Å². The molecule has 0 spiro atoms. The van der Waals surface area contributed by atoms with Crippen LogP contribution in [0.25, 0.3) is 0 Å². The number of nitrogens with one attached hydrogen (secondary N) is 3. The number of ether oxygens (including phenoxy) is 1. The fraction of sp³-hybridized carbons (Fsp3) is 0.435. The van der Waals surface area contributed by atoms with Crippen molar-refractivity contribution in [3.63, 3.8) is 0 Å². The van der Waals surface area contributed by atoms with Crippen molar-refractivity contribution in [1.29, 1.82) is 0 Å². The van der Waals surface area contributed by atoms with Gasteiger partial charge < -0.3 is 15.4 Å². The zero-order valence-corrected chi connectivity index (χ0v) is 22.2. The first-order chi connectivity index (χ1) is 14.9. The van der Waals surface area contributed by atoms with Crippen LogP contribution < -0.4 is 20.1 Å². The monoisotopic (exact) mass is 574 g/mol. The molecule has 178 valence electrons. The molecule has 32 heavy (non-hydrogen) atoms. The summed E-state index contributed by atoms with van der Waals surface area (Å²) < 4.78 is 32.3. The second-order valence-corrected chi connectivity index (χ2v) is 9.20. The van der Waals surface area contributed by atoms with Gasteiger partial charge in [0, 0.05) is 26.2 Å². The van der Waals surface area contributed by atoms with Gasteiger partial charge in [-0.1, -0.05) is 49.4 Å². The number of rotatable bonds is 12. The summed E-state index contributed by atoms with van der Waals surface area (Å²) in [5.41, 5.74) is 2.17. The van der Waals surface area contributed by atoms with E-state index < -0.39 is 10.0 Å². The topological polar surface area (TPSA) is 91.8 Å². The Balaban J connectivity index is 0.00000512. The standard InChI is InChI=1S/C23H34N4O3S.HI/c1-4-24-23(25-15-14-19(2)21-10-12-22(30-3)13-11-21)26-16-17-31(28,29)27-18-20-8-6-5-7-9-20;/h5-13,19,27H,4,14-18H2,1-3H3,(H2,24,25,26);1H. The van der Waals surface area contributed by atoms with E-state index in [0.717, 1.165) is 17.7 Å². The molecule has 1 atom stereocenters. The summed E-state index contributed by atoms with van der Waals surface area (Å²) in [6.45, 7) is 6.07. The highest BCUT2D eigenvalue weighted by Crippen LogP contribution is 2.21. The summed E-state index contributed by atoms with van der Waals surface area (Å²) in [6.07, 6.45) is 0.889. The van der Waals surface area contributed by atoms with Crippen LogP contribution in [0.5, 0.6) is 5.75 Å².